The Kier molecular flexibility index (Phi) is 3.41. The number of rotatable bonds is 3. The van der Waals surface area contributed by atoms with E-state index in [1.807, 2.05) is 19.1 Å². The van der Waals surface area contributed by atoms with Gasteiger partial charge in [-0.3, -0.25) is 0 Å². The van der Waals surface area contributed by atoms with Crippen LogP contribution < -0.4 is 5.32 Å². The first kappa shape index (κ1) is 12.2. The zero-order valence-electron chi connectivity index (χ0n) is 10.9. The molecule has 0 aromatic carbocycles. The molecule has 0 atom stereocenters. The summed E-state index contributed by atoms with van der Waals surface area (Å²) in [5.41, 5.74) is 0. The Balaban J connectivity index is 1.45. The van der Waals surface area contributed by atoms with Crippen LogP contribution in [0.1, 0.15) is 37.2 Å². The van der Waals surface area contributed by atoms with Gasteiger partial charge in [-0.2, -0.15) is 0 Å². The van der Waals surface area contributed by atoms with E-state index in [1.165, 1.54) is 0 Å². The quantitative estimate of drug-likeness (QED) is 0.895. The third-order valence-electron chi connectivity index (χ3n) is 3.92. The monoisotopic (exact) mass is 251 g/mol. The Morgan fingerprint density at radius 2 is 1.94 bits per heavy atom. The zero-order valence-corrected chi connectivity index (χ0v) is 10.9. The van der Waals surface area contributed by atoms with Crippen LogP contribution in [0.5, 0.6) is 0 Å². The third-order valence-corrected chi connectivity index (χ3v) is 3.92. The highest BCUT2D eigenvalue weighted by atomic mass is 16.7. The highest BCUT2D eigenvalue weighted by Crippen LogP contribution is 2.35. The molecule has 2 aliphatic rings. The van der Waals surface area contributed by atoms with E-state index in [4.69, 9.17) is 13.9 Å². The molecule has 1 aromatic rings. The van der Waals surface area contributed by atoms with Crippen molar-refractivity contribution in [1.82, 2.24) is 5.32 Å². The van der Waals surface area contributed by atoms with Crippen LogP contribution in [0.4, 0.5) is 0 Å². The van der Waals surface area contributed by atoms with Crippen LogP contribution in [-0.2, 0) is 16.0 Å². The first-order valence-corrected chi connectivity index (χ1v) is 6.82. The van der Waals surface area contributed by atoms with Crippen molar-refractivity contribution in [2.75, 3.05) is 13.2 Å². The average molecular weight is 251 g/mol. The number of aryl methyl sites for hydroxylation is 1. The fourth-order valence-electron chi connectivity index (χ4n) is 2.87. The number of furan rings is 1. The Morgan fingerprint density at radius 3 is 2.56 bits per heavy atom. The van der Waals surface area contributed by atoms with Gasteiger partial charge < -0.3 is 19.2 Å². The molecule has 0 amide bonds. The smallest absolute Gasteiger partial charge is 0.168 e. The van der Waals surface area contributed by atoms with E-state index in [1.54, 1.807) is 0 Å². The standard InChI is InChI=1S/C14H21NO3/c1-11-2-3-13(18-11)10-15-12-4-6-14(7-5-12)16-8-9-17-14/h2-3,12,15H,4-10H2,1H3. The summed E-state index contributed by atoms with van der Waals surface area (Å²) in [5, 5.41) is 3.55. The minimum absolute atomic E-state index is 0.251. The maximum atomic E-state index is 5.73. The van der Waals surface area contributed by atoms with Gasteiger partial charge in [-0.15, -0.1) is 0 Å². The maximum Gasteiger partial charge on any atom is 0.168 e. The minimum Gasteiger partial charge on any atom is -0.465 e. The molecule has 1 saturated heterocycles. The van der Waals surface area contributed by atoms with Gasteiger partial charge in [0, 0.05) is 18.9 Å². The largest absolute Gasteiger partial charge is 0.465 e. The molecule has 0 radical (unpaired) electrons. The third kappa shape index (κ3) is 2.60. The van der Waals surface area contributed by atoms with Crippen molar-refractivity contribution < 1.29 is 13.9 Å². The molecule has 1 spiro atoms. The molecule has 2 heterocycles. The Bertz CT molecular complexity index is 385. The van der Waals surface area contributed by atoms with E-state index < -0.39 is 0 Å². The van der Waals surface area contributed by atoms with Crippen LogP contribution in [0, 0.1) is 6.92 Å². The van der Waals surface area contributed by atoms with E-state index in [2.05, 4.69) is 5.32 Å². The Morgan fingerprint density at radius 1 is 1.22 bits per heavy atom. The normalized spacial score (nSPS) is 23.8. The summed E-state index contributed by atoms with van der Waals surface area (Å²) in [6.07, 6.45) is 4.23. The van der Waals surface area contributed by atoms with E-state index in [0.717, 1.165) is 57.0 Å². The van der Waals surface area contributed by atoms with Crippen LogP contribution in [0.3, 0.4) is 0 Å². The molecule has 0 unspecified atom stereocenters. The Labute approximate surface area is 108 Å². The zero-order chi connectivity index (χ0) is 12.4. The van der Waals surface area contributed by atoms with Crippen molar-refractivity contribution in [3.8, 4) is 0 Å². The number of nitrogens with one attached hydrogen (secondary N) is 1. The van der Waals surface area contributed by atoms with Gasteiger partial charge >= 0.3 is 0 Å². The molecule has 100 valence electrons. The first-order valence-electron chi connectivity index (χ1n) is 6.82. The lowest BCUT2D eigenvalue weighted by Gasteiger charge is -2.35. The van der Waals surface area contributed by atoms with Gasteiger partial charge in [0.15, 0.2) is 5.79 Å². The summed E-state index contributed by atoms with van der Waals surface area (Å²) in [6, 6.07) is 4.59. The average Bonchev–Trinajstić information content (AvgIpc) is 2.99. The topological polar surface area (TPSA) is 43.6 Å². The van der Waals surface area contributed by atoms with Crippen molar-refractivity contribution in [2.45, 2.75) is 51.0 Å². The first-order chi connectivity index (χ1) is 8.76. The fourth-order valence-corrected chi connectivity index (χ4v) is 2.87. The van der Waals surface area contributed by atoms with Gasteiger partial charge in [0.1, 0.15) is 11.5 Å². The molecule has 1 aromatic heterocycles. The van der Waals surface area contributed by atoms with E-state index in [0.29, 0.717) is 6.04 Å². The molecule has 4 nitrogen and oxygen atoms in total. The second kappa shape index (κ2) is 5.03. The highest BCUT2D eigenvalue weighted by Gasteiger charge is 2.40. The van der Waals surface area contributed by atoms with Gasteiger partial charge in [0.25, 0.3) is 0 Å². The highest BCUT2D eigenvalue weighted by molar-refractivity contribution is 5.05. The predicted octanol–water partition coefficient (Wildman–Crippen LogP) is 2.36. The Hall–Kier alpha value is -0.840. The van der Waals surface area contributed by atoms with Crippen LogP contribution >= 0.6 is 0 Å². The lowest BCUT2D eigenvalue weighted by molar-refractivity contribution is -0.179. The van der Waals surface area contributed by atoms with Crippen molar-refractivity contribution in [2.24, 2.45) is 0 Å². The summed E-state index contributed by atoms with van der Waals surface area (Å²) >= 11 is 0. The molecule has 18 heavy (non-hydrogen) atoms. The fraction of sp³-hybridized carbons (Fsp3) is 0.714. The maximum absolute atomic E-state index is 5.73. The van der Waals surface area contributed by atoms with Crippen LogP contribution in [-0.4, -0.2) is 25.0 Å². The van der Waals surface area contributed by atoms with Gasteiger partial charge in [-0.1, -0.05) is 0 Å². The van der Waals surface area contributed by atoms with Gasteiger partial charge in [0.2, 0.25) is 0 Å². The van der Waals surface area contributed by atoms with Crippen molar-refractivity contribution >= 4 is 0 Å². The molecular weight excluding hydrogens is 230 g/mol. The molecule has 3 rings (SSSR count). The van der Waals surface area contributed by atoms with E-state index >= 15 is 0 Å². The number of ether oxygens (including phenoxy) is 2. The summed E-state index contributed by atoms with van der Waals surface area (Å²) in [6.45, 7) is 4.30. The molecular formula is C14H21NO3. The van der Waals surface area contributed by atoms with Crippen LogP contribution in [0.25, 0.3) is 0 Å². The predicted molar refractivity (Wildman–Crippen MR) is 67.2 cm³/mol. The summed E-state index contributed by atoms with van der Waals surface area (Å²) in [7, 11) is 0. The molecule has 1 aliphatic heterocycles. The summed E-state index contributed by atoms with van der Waals surface area (Å²) in [4.78, 5) is 0. The van der Waals surface area contributed by atoms with Crippen molar-refractivity contribution in [1.29, 1.82) is 0 Å². The molecule has 1 N–H and O–H groups in total. The van der Waals surface area contributed by atoms with E-state index in [-0.39, 0.29) is 5.79 Å². The second-order valence-electron chi connectivity index (χ2n) is 5.28. The summed E-state index contributed by atoms with van der Waals surface area (Å²) < 4.78 is 17.0. The van der Waals surface area contributed by atoms with Crippen molar-refractivity contribution in [3.05, 3.63) is 23.7 Å². The molecule has 1 saturated carbocycles. The van der Waals surface area contributed by atoms with E-state index in [9.17, 15) is 0 Å². The number of hydrogen-bond donors (Lipinski definition) is 1. The SMILES string of the molecule is Cc1ccc(CNC2CCC3(CC2)OCCO3)o1. The molecule has 4 heteroatoms. The number of hydrogen-bond acceptors (Lipinski definition) is 4. The van der Waals surface area contributed by atoms with Crippen LogP contribution in [0.15, 0.2) is 16.5 Å². The van der Waals surface area contributed by atoms with Crippen LogP contribution in [0.2, 0.25) is 0 Å². The van der Waals surface area contributed by atoms with Gasteiger partial charge in [-0.05, 0) is 31.9 Å². The lowest BCUT2D eigenvalue weighted by atomic mass is 9.90. The molecule has 1 aliphatic carbocycles. The molecule has 2 fully saturated rings. The van der Waals surface area contributed by atoms with Gasteiger partial charge in [-0.25, -0.2) is 0 Å². The lowest BCUT2D eigenvalue weighted by Crippen LogP contribution is -2.41. The van der Waals surface area contributed by atoms with Crippen molar-refractivity contribution in [3.63, 3.8) is 0 Å². The molecule has 0 bridgehead atoms. The second-order valence-corrected chi connectivity index (χ2v) is 5.28. The minimum atomic E-state index is -0.251. The summed E-state index contributed by atoms with van der Waals surface area (Å²) in [5.74, 6) is 1.74. The van der Waals surface area contributed by atoms with Gasteiger partial charge in [0.05, 0.1) is 19.8 Å².